The Balaban J connectivity index is 1.45. The SMILES string of the molecule is C[C@H]1CN(c2ncc(Cl)cn2)CCN1C(=O)N1N=CCC1c1ccccc1. The Kier molecular flexibility index (Phi) is 4.94. The predicted octanol–water partition coefficient (Wildman–Crippen LogP) is 3.19. The number of rotatable bonds is 2. The van der Waals surface area contributed by atoms with Gasteiger partial charge in [0, 0.05) is 38.3 Å². The summed E-state index contributed by atoms with van der Waals surface area (Å²) in [6.45, 7) is 3.98. The smallest absolute Gasteiger partial charge is 0.337 e. The second kappa shape index (κ2) is 7.52. The highest BCUT2D eigenvalue weighted by Crippen LogP contribution is 2.30. The molecular formula is C19H21ClN6O. The van der Waals surface area contributed by atoms with Crippen LogP contribution in [-0.2, 0) is 0 Å². The van der Waals surface area contributed by atoms with Crippen molar-refractivity contribution in [3.8, 4) is 0 Å². The molecule has 3 heterocycles. The van der Waals surface area contributed by atoms with Crippen LogP contribution < -0.4 is 4.90 Å². The number of halogens is 1. The zero-order chi connectivity index (χ0) is 18.8. The molecule has 2 atom stereocenters. The summed E-state index contributed by atoms with van der Waals surface area (Å²) in [4.78, 5) is 25.7. The van der Waals surface area contributed by atoms with Gasteiger partial charge in [-0.1, -0.05) is 41.9 Å². The number of hydrazone groups is 1. The Morgan fingerprint density at radius 3 is 2.59 bits per heavy atom. The number of benzene rings is 1. The van der Waals surface area contributed by atoms with E-state index in [4.69, 9.17) is 11.6 Å². The van der Waals surface area contributed by atoms with Gasteiger partial charge in [0.2, 0.25) is 5.95 Å². The van der Waals surface area contributed by atoms with Gasteiger partial charge in [0.15, 0.2) is 0 Å². The second-order valence-electron chi connectivity index (χ2n) is 6.78. The average molecular weight is 385 g/mol. The maximum Gasteiger partial charge on any atom is 0.341 e. The third kappa shape index (κ3) is 3.60. The van der Waals surface area contributed by atoms with E-state index in [0.717, 1.165) is 12.0 Å². The van der Waals surface area contributed by atoms with Crippen molar-refractivity contribution in [3.05, 3.63) is 53.3 Å². The molecule has 1 fully saturated rings. The second-order valence-corrected chi connectivity index (χ2v) is 7.21. The van der Waals surface area contributed by atoms with Crippen LogP contribution in [0.4, 0.5) is 10.7 Å². The maximum atomic E-state index is 13.2. The van der Waals surface area contributed by atoms with Gasteiger partial charge in [0.05, 0.1) is 23.5 Å². The number of nitrogens with zero attached hydrogens (tertiary/aromatic N) is 6. The van der Waals surface area contributed by atoms with Gasteiger partial charge < -0.3 is 9.80 Å². The van der Waals surface area contributed by atoms with E-state index in [1.54, 1.807) is 17.4 Å². The normalized spacial score (nSPS) is 22.4. The van der Waals surface area contributed by atoms with E-state index in [1.807, 2.05) is 48.4 Å². The van der Waals surface area contributed by atoms with Crippen LogP contribution in [0.25, 0.3) is 0 Å². The number of urea groups is 1. The molecular weight excluding hydrogens is 364 g/mol. The number of hydrogen-bond donors (Lipinski definition) is 0. The monoisotopic (exact) mass is 384 g/mol. The zero-order valence-corrected chi connectivity index (χ0v) is 15.8. The Labute approximate surface area is 163 Å². The van der Waals surface area contributed by atoms with Crippen molar-refractivity contribution in [1.29, 1.82) is 0 Å². The molecule has 27 heavy (non-hydrogen) atoms. The van der Waals surface area contributed by atoms with Crippen molar-refractivity contribution in [3.63, 3.8) is 0 Å². The molecule has 0 saturated carbocycles. The fourth-order valence-corrected chi connectivity index (χ4v) is 3.67. The number of piperazine rings is 1. The molecule has 4 rings (SSSR count). The Bertz CT molecular complexity index is 828. The molecule has 7 nitrogen and oxygen atoms in total. The molecule has 0 N–H and O–H groups in total. The van der Waals surface area contributed by atoms with Gasteiger partial charge >= 0.3 is 6.03 Å². The lowest BCUT2D eigenvalue weighted by molar-refractivity contribution is 0.121. The number of carbonyl (C=O) groups is 1. The lowest BCUT2D eigenvalue weighted by Gasteiger charge is -2.41. The van der Waals surface area contributed by atoms with Crippen LogP contribution in [0.5, 0.6) is 0 Å². The standard InChI is InChI=1S/C19H21ClN6O/c1-14-13-24(18-21-11-16(20)12-22-18)9-10-25(14)19(27)26-17(7-8-23-26)15-5-3-2-4-6-15/h2-6,8,11-12,14,17H,7,9-10,13H2,1H3/t14-,17?/m0/s1. The molecule has 1 unspecified atom stereocenters. The van der Waals surface area contributed by atoms with Crippen LogP contribution in [0.3, 0.4) is 0 Å². The van der Waals surface area contributed by atoms with Crippen molar-refractivity contribution < 1.29 is 4.79 Å². The first-order chi connectivity index (χ1) is 13.1. The van der Waals surface area contributed by atoms with E-state index in [1.165, 1.54) is 0 Å². The quantitative estimate of drug-likeness (QED) is 0.797. The summed E-state index contributed by atoms with van der Waals surface area (Å²) in [7, 11) is 0. The lowest BCUT2D eigenvalue weighted by Crippen LogP contribution is -2.57. The van der Waals surface area contributed by atoms with Crippen LogP contribution in [0.15, 0.2) is 47.8 Å². The molecule has 140 valence electrons. The van der Waals surface area contributed by atoms with Crippen molar-refractivity contribution >= 4 is 29.8 Å². The lowest BCUT2D eigenvalue weighted by atomic mass is 10.0. The molecule has 0 radical (unpaired) electrons. The summed E-state index contributed by atoms with van der Waals surface area (Å²) in [5, 5.41) is 6.48. The minimum absolute atomic E-state index is 0.0257. The van der Waals surface area contributed by atoms with Crippen LogP contribution in [0, 0.1) is 0 Å². The Hall–Kier alpha value is -2.67. The largest absolute Gasteiger partial charge is 0.341 e. The third-order valence-electron chi connectivity index (χ3n) is 4.97. The Morgan fingerprint density at radius 1 is 1.15 bits per heavy atom. The van der Waals surface area contributed by atoms with E-state index in [0.29, 0.717) is 30.6 Å². The van der Waals surface area contributed by atoms with Crippen LogP contribution in [0.2, 0.25) is 5.02 Å². The molecule has 0 aliphatic carbocycles. The molecule has 1 aromatic heterocycles. The van der Waals surface area contributed by atoms with E-state index in [-0.39, 0.29) is 18.1 Å². The highest BCUT2D eigenvalue weighted by molar-refractivity contribution is 6.30. The molecule has 2 aromatic rings. The predicted molar refractivity (Wildman–Crippen MR) is 105 cm³/mol. The first-order valence-corrected chi connectivity index (χ1v) is 9.41. The van der Waals surface area contributed by atoms with Gasteiger partial charge in [0.1, 0.15) is 0 Å². The van der Waals surface area contributed by atoms with Gasteiger partial charge in [0.25, 0.3) is 0 Å². The fraction of sp³-hybridized carbons (Fsp3) is 0.368. The molecule has 1 aromatic carbocycles. The molecule has 2 aliphatic rings. The zero-order valence-electron chi connectivity index (χ0n) is 15.1. The summed E-state index contributed by atoms with van der Waals surface area (Å²) in [5.74, 6) is 0.639. The number of hydrogen-bond acceptors (Lipinski definition) is 5. The summed E-state index contributed by atoms with van der Waals surface area (Å²) < 4.78 is 0. The first kappa shape index (κ1) is 17.7. The van der Waals surface area contributed by atoms with Crippen molar-refractivity contribution in [1.82, 2.24) is 19.9 Å². The minimum atomic E-state index is -0.0539. The summed E-state index contributed by atoms with van der Waals surface area (Å²) >= 11 is 5.87. The highest BCUT2D eigenvalue weighted by atomic mass is 35.5. The number of amides is 2. The molecule has 0 spiro atoms. The van der Waals surface area contributed by atoms with Gasteiger partial charge in [-0.25, -0.2) is 19.8 Å². The van der Waals surface area contributed by atoms with Gasteiger partial charge in [-0.2, -0.15) is 5.10 Å². The van der Waals surface area contributed by atoms with E-state index >= 15 is 0 Å². The van der Waals surface area contributed by atoms with Crippen LogP contribution >= 0.6 is 11.6 Å². The van der Waals surface area contributed by atoms with Gasteiger partial charge in [-0.05, 0) is 12.5 Å². The number of aromatic nitrogens is 2. The van der Waals surface area contributed by atoms with Gasteiger partial charge in [-0.15, -0.1) is 0 Å². The number of carbonyl (C=O) groups excluding carboxylic acids is 1. The highest BCUT2D eigenvalue weighted by Gasteiger charge is 2.36. The van der Waals surface area contributed by atoms with E-state index in [2.05, 4.69) is 20.0 Å². The molecule has 2 amide bonds. The minimum Gasteiger partial charge on any atom is -0.337 e. The summed E-state index contributed by atoms with van der Waals surface area (Å²) in [6, 6.07) is 9.97. The van der Waals surface area contributed by atoms with E-state index < -0.39 is 0 Å². The van der Waals surface area contributed by atoms with Gasteiger partial charge in [-0.3, -0.25) is 0 Å². The number of anilines is 1. The van der Waals surface area contributed by atoms with Crippen LogP contribution in [0.1, 0.15) is 24.9 Å². The van der Waals surface area contributed by atoms with Crippen molar-refractivity contribution in [2.24, 2.45) is 5.10 Å². The first-order valence-electron chi connectivity index (χ1n) is 9.03. The molecule has 8 heteroatoms. The topological polar surface area (TPSA) is 64.9 Å². The molecule has 2 aliphatic heterocycles. The Morgan fingerprint density at radius 2 is 1.89 bits per heavy atom. The third-order valence-corrected chi connectivity index (χ3v) is 5.17. The van der Waals surface area contributed by atoms with E-state index in [9.17, 15) is 4.79 Å². The fourth-order valence-electron chi connectivity index (χ4n) is 3.57. The molecule has 1 saturated heterocycles. The maximum absolute atomic E-state index is 13.2. The van der Waals surface area contributed by atoms with Crippen LogP contribution in [-0.4, -0.2) is 57.8 Å². The summed E-state index contributed by atoms with van der Waals surface area (Å²) in [6.07, 6.45) is 5.74. The van der Waals surface area contributed by atoms with Crippen molar-refractivity contribution in [2.75, 3.05) is 24.5 Å². The molecule has 0 bridgehead atoms. The van der Waals surface area contributed by atoms with Crippen molar-refractivity contribution in [2.45, 2.75) is 25.4 Å². The summed E-state index contributed by atoms with van der Waals surface area (Å²) in [5.41, 5.74) is 1.10. The average Bonchev–Trinajstić information content (AvgIpc) is 3.18.